The van der Waals surface area contributed by atoms with Crippen LogP contribution < -0.4 is 10.6 Å². The molecule has 5 aromatic rings. The number of halogens is 2. The fraction of sp³-hybridized carbons (Fsp3) is 0.240. The van der Waals surface area contributed by atoms with Gasteiger partial charge in [0.2, 0.25) is 0 Å². The van der Waals surface area contributed by atoms with E-state index < -0.39 is 12.0 Å². The third-order valence-electron chi connectivity index (χ3n) is 6.50. The second-order valence-corrected chi connectivity index (χ2v) is 8.97. The molecule has 11 heteroatoms. The smallest absolute Gasteiger partial charge is 0.181 e. The minimum absolute atomic E-state index is 0.0521. The number of rotatable bonds is 3. The number of piperidine rings is 1. The van der Waals surface area contributed by atoms with Gasteiger partial charge in [-0.3, -0.25) is 4.40 Å². The van der Waals surface area contributed by atoms with Crippen molar-refractivity contribution in [2.75, 3.05) is 18.0 Å². The monoisotopic (exact) mass is 485 g/mol. The highest BCUT2D eigenvalue weighted by Crippen LogP contribution is 2.37. The summed E-state index contributed by atoms with van der Waals surface area (Å²) in [6, 6.07) is 11.6. The second-order valence-electron chi connectivity index (χ2n) is 8.97. The van der Waals surface area contributed by atoms with Gasteiger partial charge in [0.1, 0.15) is 23.6 Å². The summed E-state index contributed by atoms with van der Waals surface area (Å²) in [5.41, 5.74) is 10.5. The fourth-order valence-corrected chi connectivity index (χ4v) is 4.85. The molecule has 1 aliphatic heterocycles. The van der Waals surface area contributed by atoms with E-state index in [1.165, 1.54) is 12.1 Å². The third kappa shape index (κ3) is 3.54. The zero-order valence-electron chi connectivity index (χ0n) is 19.3. The predicted octanol–water partition coefficient (Wildman–Crippen LogP) is 3.23. The number of aryl methyl sites for hydroxylation is 1. The van der Waals surface area contributed by atoms with Gasteiger partial charge in [-0.25, -0.2) is 23.4 Å². The number of benzene rings is 2. The average molecular weight is 486 g/mol. The quantitative estimate of drug-likeness (QED) is 0.417. The number of nitriles is 1. The molecule has 2 N–H and O–H groups in total. The molecule has 0 radical (unpaired) electrons. The van der Waals surface area contributed by atoms with Crippen molar-refractivity contribution in [3.63, 3.8) is 0 Å². The predicted molar refractivity (Wildman–Crippen MR) is 130 cm³/mol. The van der Waals surface area contributed by atoms with Gasteiger partial charge in [-0.05, 0) is 30.7 Å². The lowest BCUT2D eigenvalue weighted by atomic mass is 10.0. The number of nitrogens with two attached hydrogens (primary N) is 1. The summed E-state index contributed by atoms with van der Waals surface area (Å²) in [5, 5.41) is 17.5. The molecule has 0 aliphatic carbocycles. The van der Waals surface area contributed by atoms with E-state index in [0.29, 0.717) is 46.9 Å². The molecule has 0 amide bonds. The molecule has 2 atom stereocenters. The number of fused-ring (bicyclic) bond motifs is 2. The molecule has 0 bridgehead atoms. The largest absolute Gasteiger partial charge is 0.349 e. The molecule has 0 unspecified atom stereocenters. The third-order valence-corrected chi connectivity index (χ3v) is 6.50. The molecule has 6 rings (SSSR count). The van der Waals surface area contributed by atoms with Crippen LogP contribution in [0.15, 0.2) is 48.8 Å². The lowest BCUT2D eigenvalue weighted by molar-refractivity contribution is 0.268. The highest BCUT2D eigenvalue weighted by atomic mass is 19.1. The minimum atomic E-state index is -1.07. The fourth-order valence-electron chi connectivity index (χ4n) is 4.85. The summed E-state index contributed by atoms with van der Waals surface area (Å²) in [6.07, 6.45) is 2.62. The number of nitrogens with zero attached hydrogens (tertiary/aromatic N) is 8. The van der Waals surface area contributed by atoms with Crippen LogP contribution in [-0.4, -0.2) is 54.7 Å². The van der Waals surface area contributed by atoms with Crippen molar-refractivity contribution < 1.29 is 8.78 Å². The summed E-state index contributed by atoms with van der Waals surface area (Å²) in [7, 11) is 1.81. The van der Waals surface area contributed by atoms with Crippen LogP contribution in [0.3, 0.4) is 0 Å². The minimum Gasteiger partial charge on any atom is -0.349 e. The number of anilines is 1. The lowest BCUT2D eigenvalue weighted by Gasteiger charge is -2.33. The van der Waals surface area contributed by atoms with Crippen LogP contribution in [-0.2, 0) is 7.05 Å². The van der Waals surface area contributed by atoms with Crippen LogP contribution in [0, 0.1) is 17.1 Å². The second kappa shape index (κ2) is 8.35. The summed E-state index contributed by atoms with van der Waals surface area (Å²) >= 11 is 0. The zero-order valence-corrected chi connectivity index (χ0v) is 19.3. The first kappa shape index (κ1) is 22.1. The summed E-state index contributed by atoms with van der Waals surface area (Å²) in [4.78, 5) is 11.2. The molecular formula is C25H21F2N9. The van der Waals surface area contributed by atoms with Gasteiger partial charge >= 0.3 is 0 Å². The maximum atomic E-state index is 14.6. The molecule has 2 aromatic carbocycles. The maximum absolute atomic E-state index is 14.6. The van der Waals surface area contributed by atoms with E-state index in [1.807, 2.05) is 35.7 Å². The Morgan fingerprint density at radius 1 is 1.14 bits per heavy atom. The van der Waals surface area contributed by atoms with E-state index in [9.17, 15) is 14.0 Å². The first-order valence-electron chi connectivity index (χ1n) is 11.4. The van der Waals surface area contributed by atoms with E-state index in [-0.39, 0.29) is 18.2 Å². The van der Waals surface area contributed by atoms with Crippen LogP contribution in [0.2, 0.25) is 0 Å². The molecule has 0 saturated carbocycles. The van der Waals surface area contributed by atoms with Crippen molar-refractivity contribution >= 4 is 22.5 Å². The molecule has 4 heterocycles. The number of alkyl halides is 1. The maximum Gasteiger partial charge on any atom is 0.181 e. The van der Waals surface area contributed by atoms with Crippen molar-refractivity contribution in [2.45, 2.75) is 18.6 Å². The molecule has 180 valence electrons. The van der Waals surface area contributed by atoms with Gasteiger partial charge in [0, 0.05) is 43.2 Å². The number of imidazole rings is 1. The molecule has 36 heavy (non-hydrogen) atoms. The van der Waals surface area contributed by atoms with Gasteiger partial charge in [0.25, 0.3) is 0 Å². The van der Waals surface area contributed by atoms with Crippen LogP contribution in [0.4, 0.5) is 14.6 Å². The van der Waals surface area contributed by atoms with Crippen LogP contribution in [0.5, 0.6) is 0 Å². The first-order chi connectivity index (χ1) is 17.4. The summed E-state index contributed by atoms with van der Waals surface area (Å²) in [6.45, 7) is 0.608. The Bertz CT molecular complexity index is 1660. The summed E-state index contributed by atoms with van der Waals surface area (Å²) in [5.74, 6) is -0.138. The van der Waals surface area contributed by atoms with E-state index >= 15 is 0 Å². The standard InChI is InChI=1S/C25H21F2N9/c1-34-21-5-4-15(9-20(21)32-33-34)23-22(14-2-3-16(11-28)19(27)8-14)31-25-24(30-6-7-36(23)25)35-12-17(26)10-18(29)13-35/h2-9,17-18H,10,12-13,29H2,1H3/t17-,18-/m1/s1. The van der Waals surface area contributed by atoms with Gasteiger partial charge in [-0.1, -0.05) is 17.3 Å². The van der Waals surface area contributed by atoms with E-state index in [2.05, 4.69) is 15.3 Å². The van der Waals surface area contributed by atoms with E-state index in [1.54, 1.807) is 28.0 Å². The van der Waals surface area contributed by atoms with Crippen molar-refractivity contribution in [3.05, 3.63) is 60.2 Å². The Hall–Kier alpha value is -4.43. The van der Waals surface area contributed by atoms with Gasteiger partial charge in [-0.2, -0.15) is 5.26 Å². The topological polar surface area (TPSA) is 114 Å². The molecule has 0 spiro atoms. The number of aromatic nitrogens is 6. The Labute approximate surface area is 204 Å². The van der Waals surface area contributed by atoms with Crippen molar-refractivity contribution in [3.8, 4) is 28.6 Å². The highest BCUT2D eigenvalue weighted by molar-refractivity contribution is 5.89. The first-order valence-corrected chi connectivity index (χ1v) is 11.4. The van der Waals surface area contributed by atoms with Gasteiger partial charge in [0.15, 0.2) is 11.5 Å². The van der Waals surface area contributed by atoms with Crippen LogP contribution in [0.1, 0.15) is 12.0 Å². The Morgan fingerprint density at radius 3 is 2.75 bits per heavy atom. The summed E-state index contributed by atoms with van der Waals surface area (Å²) < 4.78 is 32.6. The zero-order chi connectivity index (χ0) is 25.0. The number of hydrogen-bond donors (Lipinski definition) is 1. The van der Waals surface area contributed by atoms with Gasteiger partial charge < -0.3 is 10.6 Å². The van der Waals surface area contributed by atoms with Crippen molar-refractivity contribution in [2.24, 2.45) is 12.8 Å². The Morgan fingerprint density at radius 2 is 1.97 bits per heavy atom. The van der Waals surface area contributed by atoms with E-state index in [0.717, 1.165) is 11.1 Å². The molecule has 1 saturated heterocycles. The molecule has 1 aliphatic rings. The normalized spacial score (nSPS) is 18.1. The van der Waals surface area contributed by atoms with Crippen LogP contribution in [0.25, 0.3) is 39.2 Å². The average Bonchev–Trinajstić information content (AvgIpc) is 3.43. The molecule has 9 nitrogen and oxygen atoms in total. The van der Waals surface area contributed by atoms with Gasteiger partial charge in [0.05, 0.1) is 29.0 Å². The Balaban J connectivity index is 1.61. The lowest BCUT2D eigenvalue weighted by Crippen LogP contribution is -2.48. The van der Waals surface area contributed by atoms with Crippen LogP contribution >= 0.6 is 0 Å². The SMILES string of the molecule is Cn1nnc2cc(-c3c(-c4ccc(C#N)c(F)c4)nc4c(N5C[C@H](N)C[C@@H](F)C5)nccn34)ccc21. The highest BCUT2D eigenvalue weighted by Gasteiger charge is 2.29. The number of hydrogen-bond acceptors (Lipinski definition) is 7. The molecular weight excluding hydrogens is 464 g/mol. The van der Waals surface area contributed by atoms with E-state index in [4.69, 9.17) is 10.7 Å². The van der Waals surface area contributed by atoms with Crippen molar-refractivity contribution in [1.82, 2.24) is 29.4 Å². The molecule has 3 aromatic heterocycles. The van der Waals surface area contributed by atoms with Crippen molar-refractivity contribution in [1.29, 1.82) is 5.26 Å². The molecule has 1 fully saturated rings. The van der Waals surface area contributed by atoms with Gasteiger partial charge in [-0.15, -0.1) is 5.10 Å². The Kier molecular flexibility index (Phi) is 5.12.